The molecule has 0 aliphatic heterocycles. The van der Waals surface area contributed by atoms with E-state index in [1.165, 1.54) is 187 Å². The fourth-order valence-electron chi connectivity index (χ4n) is 13.7. The first-order chi connectivity index (χ1) is 35.3. The number of benzene rings is 6. The van der Waals surface area contributed by atoms with E-state index >= 15 is 0 Å². The molecule has 6 aromatic rings. The predicted octanol–water partition coefficient (Wildman–Crippen LogP) is 27.0. The second-order valence-electron chi connectivity index (χ2n) is 23.0. The van der Waals surface area contributed by atoms with E-state index in [0.29, 0.717) is 0 Å². The second kappa shape index (κ2) is 42.2. The molecule has 6 aliphatic carbocycles. The van der Waals surface area contributed by atoms with Crippen molar-refractivity contribution < 1.29 is 0 Å². The molecule has 0 unspecified atom stereocenters. The second-order valence-corrected chi connectivity index (χ2v) is 23.0. The number of aryl methyl sites for hydroxylation is 6. The molecular formula is C80H128. The Bertz CT molecular complexity index is 1980. The van der Waals surface area contributed by atoms with E-state index in [2.05, 4.69) is 187 Å². The van der Waals surface area contributed by atoms with Crippen LogP contribution in [0.25, 0.3) is 0 Å². The molecule has 0 bridgehead atoms. The first-order valence-electron chi connectivity index (χ1n) is 29.6. The van der Waals surface area contributed by atoms with Gasteiger partial charge in [-0.25, -0.2) is 0 Å². The van der Waals surface area contributed by atoms with Crippen LogP contribution in [0.4, 0.5) is 0 Å². The van der Waals surface area contributed by atoms with Gasteiger partial charge in [0, 0.05) is 0 Å². The van der Waals surface area contributed by atoms with Gasteiger partial charge >= 0.3 is 0 Å². The summed E-state index contributed by atoms with van der Waals surface area (Å²) in [6, 6.07) is 53.0. The highest BCUT2D eigenvalue weighted by Gasteiger charge is 2.22. The summed E-state index contributed by atoms with van der Waals surface area (Å²) in [5, 5.41) is 0. The molecule has 6 aliphatic rings. The maximum Gasteiger partial charge on any atom is -0.0159 e. The summed E-state index contributed by atoms with van der Waals surface area (Å²) in [5.74, 6) is 5.20. The molecule has 12 rings (SSSR count). The maximum atomic E-state index is 2.30. The summed E-state index contributed by atoms with van der Waals surface area (Å²) < 4.78 is 0. The molecule has 0 aromatic heterocycles. The van der Waals surface area contributed by atoms with Gasteiger partial charge in [-0.15, -0.1) is 0 Å². The van der Waals surface area contributed by atoms with Crippen LogP contribution in [0, 0.1) is 41.5 Å². The molecule has 6 fully saturated rings. The van der Waals surface area contributed by atoms with Crippen LogP contribution in [-0.4, -0.2) is 0 Å². The number of hydrogen-bond acceptors (Lipinski definition) is 0. The van der Waals surface area contributed by atoms with Gasteiger partial charge in [0.05, 0.1) is 0 Å². The Morgan fingerprint density at radius 1 is 0.175 bits per heavy atom. The van der Waals surface area contributed by atoms with E-state index < -0.39 is 0 Å². The van der Waals surface area contributed by atoms with Crippen LogP contribution in [0.1, 0.15) is 316 Å². The lowest BCUT2D eigenvalue weighted by Crippen LogP contribution is -1.94. The van der Waals surface area contributed by atoms with E-state index in [4.69, 9.17) is 0 Å². The van der Waals surface area contributed by atoms with Crippen LogP contribution >= 0.6 is 0 Å². The Morgan fingerprint density at radius 2 is 0.275 bits per heavy atom. The monoisotopic (exact) mass is 1090 g/mol. The lowest BCUT2D eigenvalue weighted by molar-refractivity contribution is 0.718. The smallest absolute Gasteiger partial charge is 0.0159 e. The van der Waals surface area contributed by atoms with Gasteiger partial charge in [-0.05, 0) is 221 Å². The molecule has 0 heteroatoms. The van der Waals surface area contributed by atoms with Crippen molar-refractivity contribution in [2.75, 3.05) is 0 Å². The minimum absolute atomic E-state index is 0. The highest BCUT2D eigenvalue weighted by atomic mass is 14.3. The van der Waals surface area contributed by atoms with E-state index in [1.54, 1.807) is 33.4 Å². The molecule has 0 radical (unpaired) electrons. The number of hydrogen-bond donors (Lipinski definition) is 0. The molecule has 0 atom stereocenters. The molecule has 0 amide bonds. The standard InChI is InChI=1S/6C12H16.8CH4/c6*1-10-6-2-5-9-12(10)11-7-3-4-8-11;;;;;;;;/h6*2,5-6,9,11H,3-4,7-8H2,1H3;8*1H4. The summed E-state index contributed by atoms with van der Waals surface area (Å²) in [4.78, 5) is 0. The lowest BCUT2D eigenvalue weighted by Gasteiger charge is -2.11. The van der Waals surface area contributed by atoms with Gasteiger partial charge in [-0.3, -0.25) is 0 Å². The van der Waals surface area contributed by atoms with Crippen molar-refractivity contribution >= 4 is 0 Å². The van der Waals surface area contributed by atoms with Gasteiger partial charge in [0.25, 0.3) is 0 Å². The first-order valence-corrected chi connectivity index (χ1v) is 29.6. The topological polar surface area (TPSA) is 0 Å². The molecule has 0 spiro atoms. The van der Waals surface area contributed by atoms with Gasteiger partial charge < -0.3 is 0 Å². The predicted molar refractivity (Wildman–Crippen MR) is 368 cm³/mol. The normalized spacial score (nSPS) is 16.6. The third-order valence-corrected chi connectivity index (χ3v) is 17.9. The minimum Gasteiger partial charge on any atom is -0.0776 e. The third-order valence-electron chi connectivity index (χ3n) is 17.9. The molecule has 6 saturated carbocycles. The quantitative estimate of drug-likeness (QED) is 0.156. The molecule has 448 valence electrons. The van der Waals surface area contributed by atoms with Crippen LogP contribution in [0.2, 0.25) is 0 Å². The van der Waals surface area contributed by atoms with E-state index in [0.717, 1.165) is 35.5 Å². The van der Waals surface area contributed by atoms with Crippen LogP contribution in [0.3, 0.4) is 0 Å². The summed E-state index contributed by atoms with van der Waals surface area (Å²) in [6.07, 6.45) is 34.0. The fourth-order valence-corrected chi connectivity index (χ4v) is 13.7. The van der Waals surface area contributed by atoms with Gasteiger partial charge in [-0.2, -0.15) is 0 Å². The molecule has 0 heterocycles. The summed E-state index contributed by atoms with van der Waals surface area (Å²) >= 11 is 0. The Morgan fingerprint density at radius 3 is 0.375 bits per heavy atom. The van der Waals surface area contributed by atoms with E-state index in [1.807, 2.05) is 0 Å². The molecule has 80 heavy (non-hydrogen) atoms. The number of rotatable bonds is 6. The summed E-state index contributed by atoms with van der Waals surface area (Å²) in [5.41, 5.74) is 18.4. The Kier molecular flexibility index (Phi) is 40.8. The lowest BCUT2D eigenvalue weighted by atomic mass is 9.94. The van der Waals surface area contributed by atoms with Gasteiger partial charge in [0.1, 0.15) is 0 Å². The third kappa shape index (κ3) is 23.7. The zero-order chi connectivity index (χ0) is 50.3. The van der Waals surface area contributed by atoms with Crippen LogP contribution in [-0.2, 0) is 0 Å². The van der Waals surface area contributed by atoms with Crippen LogP contribution < -0.4 is 0 Å². The Labute approximate surface area is 500 Å². The van der Waals surface area contributed by atoms with Crippen molar-refractivity contribution in [1.29, 1.82) is 0 Å². The van der Waals surface area contributed by atoms with Gasteiger partial charge in [0.2, 0.25) is 0 Å². The van der Waals surface area contributed by atoms with Crippen LogP contribution in [0.5, 0.6) is 0 Å². The minimum atomic E-state index is 0. The molecular weight excluding hydrogens is 961 g/mol. The molecule has 6 aromatic carbocycles. The molecule has 0 N–H and O–H groups in total. The summed E-state index contributed by atoms with van der Waals surface area (Å²) in [7, 11) is 0. The highest BCUT2D eigenvalue weighted by molar-refractivity contribution is 5.34. The highest BCUT2D eigenvalue weighted by Crippen LogP contribution is 2.40. The SMILES string of the molecule is C.C.C.C.C.C.C.C.Cc1ccccc1C1CCCC1.Cc1ccccc1C1CCCC1.Cc1ccccc1C1CCCC1.Cc1ccccc1C1CCCC1.Cc1ccccc1C1CCCC1.Cc1ccccc1C1CCCC1. The molecule has 0 saturated heterocycles. The maximum absolute atomic E-state index is 2.30. The Hall–Kier alpha value is -4.68. The van der Waals surface area contributed by atoms with Crippen molar-refractivity contribution in [3.8, 4) is 0 Å². The largest absolute Gasteiger partial charge is 0.0776 e. The van der Waals surface area contributed by atoms with E-state index in [9.17, 15) is 0 Å². The van der Waals surface area contributed by atoms with Crippen molar-refractivity contribution in [1.82, 2.24) is 0 Å². The van der Waals surface area contributed by atoms with Crippen molar-refractivity contribution in [2.45, 2.75) is 291 Å². The molecule has 0 nitrogen and oxygen atoms in total. The first kappa shape index (κ1) is 77.4. The van der Waals surface area contributed by atoms with Gasteiger partial charge in [0.15, 0.2) is 0 Å². The van der Waals surface area contributed by atoms with Crippen molar-refractivity contribution in [3.05, 3.63) is 212 Å². The van der Waals surface area contributed by atoms with Crippen LogP contribution in [0.15, 0.2) is 146 Å². The average molecular weight is 1090 g/mol. The average Bonchev–Trinajstić information content (AvgIpc) is 4.27. The van der Waals surface area contributed by atoms with Crippen molar-refractivity contribution in [3.63, 3.8) is 0 Å². The van der Waals surface area contributed by atoms with E-state index in [-0.39, 0.29) is 59.4 Å². The summed E-state index contributed by atoms with van der Waals surface area (Å²) in [6.45, 7) is 13.4. The van der Waals surface area contributed by atoms with Crippen molar-refractivity contribution in [2.24, 2.45) is 0 Å². The fraction of sp³-hybridized carbons (Fsp3) is 0.550. The van der Waals surface area contributed by atoms with Gasteiger partial charge in [-0.1, -0.05) is 282 Å². The Balaban J connectivity index is 0. The zero-order valence-electron chi connectivity index (χ0n) is 46.3. The zero-order valence-corrected chi connectivity index (χ0v) is 46.3.